The Labute approximate surface area is 125 Å². The second-order valence-electron chi connectivity index (χ2n) is 6.22. The molecule has 3 atom stereocenters. The molecule has 1 amide bonds. The minimum atomic E-state index is -0.221. The molecule has 0 spiro atoms. The quantitative estimate of drug-likeness (QED) is 0.930. The van der Waals surface area contributed by atoms with Gasteiger partial charge in [0.15, 0.2) is 0 Å². The Bertz CT molecular complexity index is 470. The number of benzene rings is 1. The number of likely N-dealkylation sites (tertiary alicyclic amines) is 1. The summed E-state index contributed by atoms with van der Waals surface area (Å²) in [5.74, 6) is 1.49. The molecule has 114 valence electrons. The van der Waals surface area contributed by atoms with Crippen LogP contribution in [0.25, 0.3) is 0 Å². The molecule has 1 saturated carbocycles. The molecule has 1 aromatic carbocycles. The highest BCUT2D eigenvalue weighted by molar-refractivity contribution is 5.67. The van der Waals surface area contributed by atoms with Crippen LogP contribution in [-0.4, -0.2) is 35.8 Å². The number of rotatable bonds is 3. The number of fused-ring (bicyclic) bond motifs is 1. The highest BCUT2D eigenvalue weighted by Gasteiger charge is 2.40. The van der Waals surface area contributed by atoms with Gasteiger partial charge in [-0.05, 0) is 42.6 Å². The minimum absolute atomic E-state index is 0.221. The van der Waals surface area contributed by atoms with E-state index in [4.69, 9.17) is 4.74 Å². The molecule has 21 heavy (non-hydrogen) atoms. The lowest BCUT2D eigenvalue weighted by atomic mass is 9.84. The van der Waals surface area contributed by atoms with Crippen molar-refractivity contribution >= 4 is 6.09 Å². The second kappa shape index (κ2) is 6.48. The van der Waals surface area contributed by atoms with E-state index < -0.39 is 0 Å². The lowest BCUT2D eigenvalue weighted by molar-refractivity contribution is 0.0557. The normalized spacial score (nSPS) is 28.2. The number of nitrogens with zero attached hydrogens (tertiary/aromatic N) is 1. The van der Waals surface area contributed by atoms with Gasteiger partial charge < -0.3 is 14.7 Å². The lowest BCUT2D eigenvalue weighted by Crippen LogP contribution is -2.44. The van der Waals surface area contributed by atoms with Gasteiger partial charge in [-0.1, -0.05) is 30.3 Å². The van der Waals surface area contributed by atoms with Gasteiger partial charge in [0.2, 0.25) is 0 Å². The smallest absolute Gasteiger partial charge is 0.410 e. The molecule has 1 N–H and O–H groups in total. The SMILES string of the molecule is O=C(OCc1ccccc1)N1CC[C@H]2CC[C@H](CO)[C@H]2C1. The summed E-state index contributed by atoms with van der Waals surface area (Å²) in [6, 6.07) is 9.75. The van der Waals surface area contributed by atoms with E-state index in [-0.39, 0.29) is 12.7 Å². The molecule has 0 radical (unpaired) electrons. The van der Waals surface area contributed by atoms with E-state index in [1.54, 1.807) is 0 Å². The lowest BCUT2D eigenvalue weighted by Gasteiger charge is -2.36. The number of hydrogen-bond donors (Lipinski definition) is 1. The highest BCUT2D eigenvalue weighted by atomic mass is 16.6. The van der Waals surface area contributed by atoms with Crippen LogP contribution in [0, 0.1) is 17.8 Å². The zero-order valence-corrected chi connectivity index (χ0v) is 12.3. The van der Waals surface area contributed by atoms with E-state index in [1.165, 1.54) is 6.42 Å². The molecule has 1 aromatic rings. The van der Waals surface area contributed by atoms with Crippen LogP contribution in [0.3, 0.4) is 0 Å². The summed E-state index contributed by atoms with van der Waals surface area (Å²) in [5, 5.41) is 9.45. The van der Waals surface area contributed by atoms with Crippen LogP contribution in [0.2, 0.25) is 0 Å². The first kappa shape index (κ1) is 14.4. The third-order valence-electron chi connectivity index (χ3n) is 5.02. The standard InChI is InChI=1S/C17H23NO3/c19-11-15-7-6-14-8-9-18(10-16(14)15)17(20)21-12-13-4-2-1-3-5-13/h1-5,14-16,19H,6-12H2/t14-,15-,16+/m1/s1. The molecule has 1 aliphatic carbocycles. The van der Waals surface area contributed by atoms with Crippen LogP contribution >= 0.6 is 0 Å². The predicted octanol–water partition coefficient (Wildman–Crippen LogP) is 2.66. The summed E-state index contributed by atoms with van der Waals surface area (Å²) in [6.45, 7) is 2.10. The Kier molecular flexibility index (Phi) is 4.44. The van der Waals surface area contributed by atoms with E-state index in [9.17, 15) is 9.90 Å². The van der Waals surface area contributed by atoms with Crippen molar-refractivity contribution in [1.82, 2.24) is 4.90 Å². The molecular formula is C17H23NO3. The first-order valence-electron chi connectivity index (χ1n) is 7.84. The Hall–Kier alpha value is -1.55. The number of carbonyl (C=O) groups is 1. The average molecular weight is 289 g/mol. The van der Waals surface area contributed by atoms with Gasteiger partial charge in [0.05, 0.1) is 0 Å². The van der Waals surface area contributed by atoms with Crippen molar-refractivity contribution in [3.63, 3.8) is 0 Å². The summed E-state index contributed by atoms with van der Waals surface area (Å²) in [6.07, 6.45) is 3.12. The molecule has 0 bridgehead atoms. The largest absolute Gasteiger partial charge is 0.445 e. The van der Waals surface area contributed by atoms with Crippen molar-refractivity contribution < 1.29 is 14.6 Å². The number of carbonyl (C=O) groups excluding carboxylic acids is 1. The third kappa shape index (κ3) is 3.21. The summed E-state index contributed by atoms with van der Waals surface area (Å²) < 4.78 is 5.41. The molecular weight excluding hydrogens is 266 g/mol. The van der Waals surface area contributed by atoms with E-state index >= 15 is 0 Å². The third-order valence-corrected chi connectivity index (χ3v) is 5.02. The molecule has 2 aliphatic rings. The predicted molar refractivity (Wildman–Crippen MR) is 79.6 cm³/mol. The van der Waals surface area contributed by atoms with Crippen molar-refractivity contribution in [2.45, 2.75) is 25.9 Å². The van der Waals surface area contributed by atoms with Crippen molar-refractivity contribution in [3.05, 3.63) is 35.9 Å². The molecule has 0 unspecified atom stereocenters. The van der Waals surface area contributed by atoms with Crippen molar-refractivity contribution in [2.24, 2.45) is 17.8 Å². The molecule has 0 aromatic heterocycles. The summed E-state index contributed by atoms with van der Waals surface area (Å²) in [7, 11) is 0. The van der Waals surface area contributed by atoms with Gasteiger partial charge in [-0.25, -0.2) is 4.79 Å². The monoisotopic (exact) mass is 289 g/mol. The Morgan fingerprint density at radius 1 is 1.24 bits per heavy atom. The number of ether oxygens (including phenoxy) is 1. The molecule has 4 heteroatoms. The van der Waals surface area contributed by atoms with Gasteiger partial charge in [0.25, 0.3) is 0 Å². The van der Waals surface area contributed by atoms with Crippen molar-refractivity contribution in [2.75, 3.05) is 19.7 Å². The zero-order chi connectivity index (χ0) is 14.7. The fraction of sp³-hybridized carbons (Fsp3) is 0.588. The number of piperidine rings is 1. The maximum absolute atomic E-state index is 12.2. The fourth-order valence-corrected chi connectivity index (χ4v) is 3.77. The Morgan fingerprint density at radius 3 is 2.81 bits per heavy atom. The number of aliphatic hydroxyl groups excluding tert-OH is 1. The first-order valence-corrected chi connectivity index (χ1v) is 7.84. The maximum Gasteiger partial charge on any atom is 0.410 e. The molecule has 4 nitrogen and oxygen atoms in total. The fourth-order valence-electron chi connectivity index (χ4n) is 3.77. The van der Waals surface area contributed by atoms with Gasteiger partial charge in [0, 0.05) is 19.7 Å². The van der Waals surface area contributed by atoms with Crippen LogP contribution in [0.1, 0.15) is 24.8 Å². The number of aliphatic hydroxyl groups is 1. The van der Waals surface area contributed by atoms with Crippen LogP contribution < -0.4 is 0 Å². The molecule has 1 aliphatic heterocycles. The van der Waals surface area contributed by atoms with Crippen molar-refractivity contribution in [1.29, 1.82) is 0 Å². The highest BCUT2D eigenvalue weighted by Crippen LogP contribution is 2.41. The Balaban J connectivity index is 1.53. The number of amides is 1. The van der Waals surface area contributed by atoms with Gasteiger partial charge in [-0.15, -0.1) is 0 Å². The molecule has 1 heterocycles. The van der Waals surface area contributed by atoms with E-state index in [0.717, 1.165) is 31.5 Å². The molecule has 2 fully saturated rings. The van der Waals surface area contributed by atoms with E-state index in [1.807, 2.05) is 35.2 Å². The van der Waals surface area contributed by atoms with Crippen LogP contribution in [0.15, 0.2) is 30.3 Å². The number of hydrogen-bond acceptors (Lipinski definition) is 3. The summed E-state index contributed by atoms with van der Waals surface area (Å²) in [4.78, 5) is 14.0. The zero-order valence-electron chi connectivity index (χ0n) is 12.3. The van der Waals surface area contributed by atoms with Crippen LogP contribution in [0.4, 0.5) is 4.79 Å². The maximum atomic E-state index is 12.2. The average Bonchev–Trinajstić information content (AvgIpc) is 2.95. The molecule has 3 rings (SSSR count). The summed E-state index contributed by atoms with van der Waals surface area (Å²) in [5.41, 5.74) is 1.01. The van der Waals surface area contributed by atoms with E-state index in [0.29, 0.717) is 24.4 Å². The van der Waals surface area contributed by atoms with Gasteiger partial charge >= 0.3 is 6.09 Å². The molecule has 1 saturated heterocycles. The van der Waals surface area contributed by atoms with E-state index in [2.05, 4.69) is 0 Å². The second-order valence-corrected chi connectivity index (χ2v) is 6.22. The van der Waals surface area contributed by atoms with Crippen LogP contribution in [0.5, 0.6) is 0 Å². The van der Waals surface area contributed by atoms with Gasteiger partial charge in [-0.3, -0.25) is 0 Å². The first-order chi connectivity index (χ1) is 10.3. The summed E-state index contributed by atoms with van der Waals surface area (Å²) >= 11 is 0. The van der Waals surface area contributed by atoms with Gasteiger partial charge in [0.1, 0.15) is 6.61 Å². The minimum Gasteiger partial charge on any atom is -0.445 e. The Morgan fingerprint density at radius 2 is 2.05 bits per heavy atom. The van der Waals surface area contributed by atoms with Gasteiger partial charge in [-0.2, -0.15) is 0 Å². The topological polar surface area (TPSA) is 49.8 Å². The van der Waals surface area contributed by atoms with Crippen LogP contribution in [-0.2, 0) is 11.3 Å². The van der Waals surface area contributed by atoms with Crippen molar-refractivity contribution in [3.8, 4) is 0 Å².